The maximum Gasteiger partial charge on any atom is 0.118 e. The van der Waals surface area contributed by atoms with Gasteiger partial charge in [-0.3, -0.25) is 0 Å². The minimum Gasteiger partial charge on any atom is -0.465 e. The highest BCUT2D eigenvalue weighted by Gasteiger charge is 2.31. The summed E-state index contributed by atoms with van der Waals surface area (Å²) in [6.45, 7) is 7.11. The number of ether oxygens (including phenoxy) is 1. The fraction of sp³-hybridized carbons (Fsp3) is 0.714. The van der Waals surface area contributed by atoms with Crippen LogP contribution in [0.25, 0.3) is 0 Å². The van der Waals surface area contributed by atoms with Crippen LogP contribution in [0.3, 0.4) is 0 Å². The average molecular weight is 269 g/mol. The Kier molecular flexibility index (Phi) is 4.76. The quantitative estimate of drug-likeness (QED) is 0.891. The molecule has 102 valence electrons. The van der Waals surface area contributed by atoms with Gasteiger partial charge in [0, 0.05) is 17.9 Å². The van der Waals surface area contributed by atoms with Crippen LogP contribution in [0.1, 0.15) is 43.5 Å². The van der Waals surface area contributed by atoms with Crippen molar-refractivity contribution < 1.29 is 9.15 Å². The first-order valence-electron chi connectivity index (χ1n) is 6.70. The number of aryl methyl sites for hydroxylation is 1. The van der Waals surface area contributed by atoms with E-state index in [1.165, 1.54) is 0 Å². The van der Waals surface area contributed by atoms with Crippen LogP contribution in [0.15, 0.2) is 16.5 Å². The first kappa shape index (κ1) is 14.0. The third-order valence-electron chi connectivity index (χ3n) is 3.53. The Bertz CT molecular complexity index is 380. The third-order valence-corrected chi connectivity index (χ3v) is 5.37. The molecule has 0 amide bonds. The van der Waals surface area contributed by atoms with E-state index in [-0.39, 0.29) is 11.3 Å². The van der Waals surface area contributed by atoms with E-state index in [4.69, 9.17) is 14.9 Å². The molecule has 2 heterocycles. The molecule has 1 aromatic rings. The molecule has 1 aliphatic rings. The number of nitrogens with two attached hydrogens (primary N) is 1. The van der Waals surface area contributed by atoms with Crippen molar-refractivity contribution in [1.29, 1.82) is 0 Å². The minimum absolute atomic E-state index is 0.133. The summed E-state index contributed by atoms with van der Waals surface area (Å²) in [4.78, 5) is 0. The maximum atomic E-state index is 6.26. The lowest BCUT2D eigenvalue weighted by Gasteiger charge is -2.25. The van der Waals surface area contributed by atoms with Gasteiger partial charge >= 0.3 is 0 Å². The van der Waals surface area contributed by atoms with Gasteiger partial charge in [0.05, 0.1) is 11.4 Å². The zero-order valence-electron chi connectivity index (χ0n) is 11.4. The van der Waals surface area contributed by atoms with Gasteiger partial charge < -0.3 is 14.9 Å². The van der Waals surface area contributed by atoms with E-state index in [0.29, 0.717) is 11.4 Å². The van der Waals surface area contributed by atoms with E-state index in [1.807, 2.05) is 24.8 Å². The lowest BCUT2D eigenvalue weighted by molar-refractivity contribution is 0.127. The summed E-state index contributed by atoms with van der Waals surface area (Å²) >= 11 is 1.92. The van der Waals surface area contributed by atoms with Gasteiger partial charge in [0.2, 0.25) is 0 Å². The number of furan rings is 1. The maximum absolute atomic E-state index is 6.26. The number of hydrogen-bond acceptors (Lipinski definition) is 4. The highest BCUT2D eigenvalue weighted by Crippen LogP contribution is 2.40. The Morgan fingerprint density at radius 2 is 2.28 bits per heavy atom. The zero-order valence-corrected chi connectivity index (χ0v) is 12.2. The van der Waals surface area contributed by atoms with E-state index in [1.54, 1.807) is 0 Å². The van der Waals surface area contributed by atoms with Crippen molar-refractivity contribution in [2.45, 2.75) is 56.3 Å². The minimum atomic E-state index is 0.133. The molecule has 4 atom stereocenters. The monoisotopic (exact) mass is 269 g/mol. The van der Waals surface area contributed by atoms with Crippen molar-refractivity contribution in [2.75, 3.05) is 6.61 Å². The molecule has 2 N–H and O–H groups in total. The van der Waals surface area contributed by atoms with Gasteiger partial charge in [-0.1, -0.05) is 6.92 Å². The van der Waals surface area contributed by atoms with Crippen LogP contribution >= 0.6 is 11.8 Å². The van der Waals surface area contributed by atoms with Gasteiger partial charge in [-0.15, -0.1) is 11.8 Å². The molecule has 1 fully saturated rings. The largest absolute Gasteiger partial charge is 0.465 e. The van der Waals surface area contributed by atoms with Crippen molar-refractivity contribution in [3.63, 3.8) is 0 Å². The predicted octanol–water partition coefficient (Wildman–Crippen LogP) is 3.28. The summed E-state index contributed by atoms with van der Waals surface area (Å²) in [7, 11) is 0. The second-order valence-electron chi connectivity index (χ2n) is 4.98. The Morgan fingerprint density at radius 3 is 2.78 bits per heavy atom. The molecule has 1 aromatic heterocycles. The van der Waals surface area contributed by atoms with Gasteiger partial charge in [0.15, 0.2) is 0 Å². The fourth-order valence-corrected chi connectivity index (χ4v) is 3.84. The summed E-state index contributed by atoms with van der Waals surface area (Å²) in [5.41, 5.74) is 6.26. The molecule has 0 spiro atoms. The highest BCUT2D eigenvalue weighted by molar-refractivity contribution is 8.00. The molecule has 1 aliphatic heterocycles. The third kappa shape index (κ3) is 3.11. The van der Waals surface area contributed by atoms with Crippen LogP contribution < -0.4 is 5.73 Å². The summed E-state index contributed by atoms with van der Waals surface area (Å²) in [5.74, 6) is 1.96. The van der Waals surface area contributed by atoms with Crippen molar-refractivity contribution in [3.05, 3.63) is 23.7 Å². The zero-order chi connectivity index (χ0) is 13.1. The molecule has 0 saturated carbocycles. The van der Waals surface area contributed by atoms with Crippen molar-refractivity contribution in [2.24, 2.45) is 5.73 Å². The summed E-state index contributed by atoms with van der Waals surface area (Å²) < 4.78 is 11.4. The SMILES string of the molecule is CCC(N)C(SC1CCOC1C)c1ccc(C)o1. The second kappa shape index (κ2) is 6.13. The highest BCUT2D eigenvalue weighted by atomic mass is 32.2. The van der Waals surface area contributed by atoms with Crippen molar-refractivity contribution in [1.82, 2.24) is 0 Å². The standard InChI is InChI=1S/C14H23NO2S/c1-4-11(15)14(12-6-5-9(2)17-12)18-13-7-8-16-10(13)3/h5-6,10-11,13-14H,4,7-8,15H2,1-3H3. The smallest absolute Gasteiger partial charge is 0.118 e. The van der Waals surface area contributed by atoms with Gasteiger partial charge in [-0.2, -0.15) is 0 Å². The molecule has 0 bridgehead atoms. The van der Waals surface area contributed by atoms with Gasteiger partial charge in [0.25, 0.3) is 0 Å². The first-order valence-corrected chi connectivity index (χ1v) is 7.65. The van der Waals surface area contributed by atoms with Crippen LogP contribution in [0.4, 0.5) is 0 Å². The van der Waals surface area contributed by atoms with Gasteiger partial charge in [-0.05, 0) is 38.8 Å². The van der Waals surface area contributed by atoms with E-state index >= 15 is 0 Å². The number of hydrogen-bond donors (Lipinski definition) is 1. The molecule has 1 saturated heterocycles. The summed E-state index contributed by atoms with van der Waals surface area (Å²) in [6.07, 6.45) is 2.38. The molecular formula is C14H23NO2S. The van der Waals surface area contributed by atoms with Crippen LogP contribution in [0.5, 0.6) is 0 Å². The van der Waals surface area contributed by atoms with E-state index in [2.05, 4.69) is 19.9 Å². The normalized spacial score (nSPS) is 27.3. The molecule has 4 unspecified atom stereocenters. The van der Waals surface area contributed by atoms with Crippen molar-refractivity contribution >= 4 is 11.8 Å². The second-order valence-corrected chi connectivity index (χ2v) is 6.37. The summed E-state index contributed by atoms with van der Waals surface area (Å²) in [6, 6.07) is 4.20. The predicted molar refractivity (Wildman–Crippen MR) is 75.9 cm³/mol. The Balaban J connectivity index is 2.10. The molecule has 4 heteroatoms. The lowest BCUT2D eigenvalue weighted by Crippen LogP contribution is -2.28. The molecule has 18 heavy (non-hydrogen) atoms. The molecular weight excluding hydrogens is 246 g/mol. The number of thioether (sulfide) groups is 1. The Morgan fingerprint density at radius 1 is 1.50 bits per heavy atom. The molecule has 2 rings (SSSR count). The lowest BCUT2D eigenvalue weighted by atomic mass is 10.1. The topological polar surface area (TPSA) is 48.4 Å². The number of rotatable bonds is 5. The fourth-order valence-electron chi connectivity index (χ4n) is 2.28. The molecule has 0 aromatic carbocycles. The molecule has 0 aliphatic carbocycles. The van der Waals surface area contributed by atoms with Crippen LogP contribution in [-0.2, 0) is 4.74 Å². The first-order chi connectivity index (χ1) is 8.61. The van der Waals surface area contributed by atoms with Gasteiger partial charge in [-0.25, -0.2) is 0 Å². The Labute approximate surface area is 113 Å². The van der Waals surface area contributed by atoms with Crippen LogP contribution in [0, 0.1) is 6.92 Å². The Hall–Kier alpha value is -0.450. The van der Waals surface area contributed by atoms with Crippen LogP contribution in [-0.4, -0.2) is 24.0 Å². The average Bonchev–Trinajstić information content (AvgIpc) is 2.94. The van der Waals surface area contributed by atoms with E-state index < -0.39 is 0 Å². The molecule has 3 nitrogen and oxygen atoms in total. The summed E-state index contributed by atoms with van der Waals surface area (Å²) in [5, 5.41) is 0.760. The van der Waals surface area contributed by atoms with Gasteiger partial charge in [0.1, 0.15) is 11.5 Å². The van der Waals surface area contributed by atoms with E-state index in [9.17, 15) is 0 Å². The van der Waals surface area contributed by atoms with Crippen molar-refractivity contribution in [3.8, 4) is 0 Å². The van der Waals surface area contributed by atoms with E-state index in [0.717, 1.165) is 31.0 Å². The molecule has 0 radical (unpaired) electrons. The van der Waals surface area contributed by atoms with Crippen LogP contribution in [0.2, 0.25) is 0 Å².